The van der Waals surface area contributed by atoms with E-state index >= 15 is 0 Å². The van der Waals surface area contributed by atoms with Crippen molar-refractivity contribution in [2.24, 2.45) is 0 Å². The van der Waals surface area contributed by atoms with Gasteiger partial charge in [-0.1, -0.05) is 6.07 Å². The maximum absolute atomic E-state index is 12.7. The van der Waals surface area contributed by atoms with Gasteiger partial charge in [0, 0.05) is 0 Å². The summed E-state index contributed by atoms with van der Waals surface area (Å²) in [6.45, 7) is 6.96. The highest BCUT2D eigenvalue weighted by atomic mass is 32.2. The Morgan fingerprint density at radius 2 is 1.33 bits per heavy atom. The van der Waals surface area contributed by atoms with Gasteiger partial charge in [0.2, 0.25) is 9.84 Å². The van der Waals surface area contributed by atoms with Crippen LogP contribution in [0.5, 0.6) is 11.5 Å². The fourth-order valence-electron chi connectivity index (χ4n) is 2.23. The quantitative estimate of drug-likeness (QED) is 0.893. The van der Waals surface area contributed by atoms with Crippen LogP contribution in [0.25, 0.3) is 0 Å². The summed E-state index contributed by atoms with van der Waals surface area (Å²) in [5, 5.41) is 20.1. The highest BCUT2D eigenvalue weighted by molar-refractivity contribution is 7.91. The number of benzene rings is 2. The molecule has 0 heterocycles. The second kappa shape index (κ2) is 5.07. The minimum atomic E-state index is -3.98. The maximum atomic E-state index is 12.7. The van der Waals surface area contributed by atoms with Gasteiger partial charge in [0.25, 0.3) is 0 Å². The summed E-state index contributed by atoms with van der Waals surface area (Å²) in [6.07, 6.45) is 0. The molecule has 21 heavy (non-hydrogen) atoms. The fraction of sp³-hybridized carbons (Fsp3) is 0.250. The molecule has 0 fully saturated rings. The number of sulfone groups is 1. The third-order valence-corrected chi connectivity index (χ3v) is 5.36. The minimum Gasteiger partial charge on any atom is -0.507 e. The van der Waals surface area contributed by atoms with E-state index in [4.69, 9.17) is 0 Å². The maximum Gasteiger partial charge on any atom is 0.213 e. The molecule has 0 aliphatic heterocycles. The molecule has 0 atom stereocenters. The second-order valence-electron chi connectivity index (χ2n) is 5.34. The van der Waals surface area contributed by atoms with Crippen molar-refractivity contribution >= 4 is 9.84 Å². The molecule has 0 aromatic heterocycles. The Hall–Kier alpha value is -2.01. The molecule has 0 amide bonds. The van der Waals surface area contributed by atoms with Gasteiger partial charge in [-0.2, -0.15) is 0 Å². The summed E-state index contributed by atoms with van der Waals surface area (Å²) in [7, 11) is -3.98. The molecule has 0 bridgehead atoms. The van der Waals surface area contributed by atoms with E-state index in [9.17, 15) is 18.6 Å². The van der Waals surface area contributed by atoms with Crippen molar-refractivity contribution in [1.29, 1.82) is 0 Å². The van der Waals surface area contributed by atoms with Crippen molar-refractivity contribution in [2.45, 2.75) is 37.5 Å². The first kappa shape index (κ1) is 15.4. The third kappa shape index (κ3) is 2.61. The van der Waals surface area contributed by atoms with E-state index in [0.29, 0.717) is 5.56 Å². The molecule has 112 valence electrons. The molecule has 2 rings (SSSR count). The Morgan fingerprint density at radius 3 is 1.95 bits per heavy atom. The molecule has 0 saturated carbocycles. The van der Waals surface area contributed by atoms with E-state index in [1.165, 1.54) is 18.2 Å². The average molecular weight is 306 g/mol. The molecule has 0 saturated heterocycles. The van der Waals surface area contributed by atoms with Crippen molar-refractivity contribution in [3.8, 4) is 11.5 Å². The van der Waals surface area contributed by atoms with Crippen molar-refractivity contribution < 1.29 is 18.6 Å². The Balaban J connectivity index is 2.77. The number of phenols is 2. The van der Waals surface area contributed by atoms with Crippen LogP contribution in [0.1, 0.15) is 22.3 Å². The van der Waals surface area contributed by atoms with Gasteiger partial charge in [-0.05, 0) is 68.1 Å². The Morgan fingerprint density at radius 1 is 0.762 bits per heavy atom. The van der Waals surface area contributed by atoms with E-state index in [0.717, 1.165) is 16.7 Å². The van der Waals surface area contributed by atoms with Gasteiger partial charge in [0.1, 0.15) is 21.3 Å². The first-order valence-corrected chi connectivity index (χ1v) is 7.98. The van der Waals surface area contributed by atoms with Crippen LogP contribution in [0.3, 0.4) is 0 Å². The van der Waals surface area contributed by atoms with Crippen LogP contribution in [0, 0.1) is 27.7 Å². The van der Waals surface area contributed by atoms with Gasteiger partial charge in [-0.25, -0.2) is 8.42 Å². The Labute approximate surface area is 124 Å². The molecular weight excluding hydrogens is 288 g/mol. The largest absolute Gasteiger partial charge is 0.507 e. The first-order chi connectivity index (χ1) is 9.64. The number of aromatic hydroxyl groups is 2. The van der Waals surface area contributed by atoms with E-state index in [-0.39, 0.29) is 21.3 Å². The topological polar surface area (TPSA) is 74.6 Å². The van der Waals surface area contributed by atoms with Crippen molar-refractivity contribution in [3.63, 3.8) is 0 Å². The zero-order chi connectivity index (χ0) is 15.9. The Kier molecular flexibility index (Phi) is 3.72. The fourth-order valence-corrected chi connectivity index (χ4v) is 3.89. The Bertz CT molecular complexity index is 821. The smallest absolute Gasteiger partial charge is 0.213 e. The van der Waals surface area contributed by atoms with Crippen molar-refractivity contribution in [3.05, 3.63) is 46.5 Å². The van der Waals surface area contributed by atoms with Gasteiger partial charge >= 0.3 is 0 Å². The SMILES string of the molecule is Cc1cc(C)c(O)c(S(=O)(=O)c2cc(C)c(C)cc2O)c1. The predicted octanol–water partition coefficient (Wildman–Crippen LogP) is 3.16. The van der Waals surface area contributed by atoms with Crippen LogP contribution in [0.2, 0.25) is 0 Å². The van der Waals surface area contributed by atoms with Crippen molar-refractivity contribution in [1.82, 2.24) is 0 Å². The lowest BCUT2D eigenvalue weighted by atomic mass is 10.1. The summed E-state index contributed by atoms with van der Waals surface area (Å²) < 4.78 is 25.4. The summed E-state index contributed by atoms with van der Waals surface area (Å²) in [5.41, 5.74) is 2.77. The van der Waals surface area contributed by atoms with Crippen LogP contribution in [0.15, 0.2) is 34.1 Å². The molecule has 0 aliphatic carbocycles. The summed E-state index contributed by atoms with van der Waals surface area (Å²) in [5.74, 6) is -0.588. The molecule has 2 aromatic carbocycles. The predicted molar refractivity (Wildman–Crippen MR) is 80.6 cm³/mol. The lowest BCUT2D eigenvalue weighted by Gasteiger charge is -2.13. The highest BCUT2D eigenvalue weighted by Gasteiger charge is 2.26. The number of hydrogen-bond donors (Lipinski definition) is 2. The molecule has 0 unspecified atom stereocenters. The monoisotopic (exact) mass is 306 g/mol. The van der Waals surface area contributed by atoms with Crippen LogP contribution in [-0.2, 0) is 9.84 Å². The normalized spacial score (nSPS) is 11.6. The molecule has 5 heteroatoms. The molecule has 4 nitrogen and oxygen atoms in total. The van der Waals surface area contributed by atoms with E-state index < -0.39 is 9.84 Å². The molecule has 2 N–H and O–H groups in total. The molecule has 0 radical (unpaired) electrons. The molecule has 0 aliphatic rings. The summed E-state index contributed by atoms with van der Waals surface area (Å²) in [6, 6.07) is 5.96. The summed E-state index contributed by atoms with van der Waals surface area (Å²) >= 11 is 0. The second-order valence-corrected chi connectivity index (χ2v) is 7.22. The number of rotatable bonds is 2. The molecule has 0 spiro atoms. The van der Waals surface area contributed by atoms with E-state index in [1.54, 1.807) is 33.8 Å². The van der Waals surface area contributed by atoms with Crippen LogP contribution >= 0.6 is 0 Å². The lowest BCUT2D eigenvalue weighted by Crippen LogP contribution is -2.05. The van der Waals surface area contributed by atoms with Crippen molar-refractivity contribution in [2.75, 3.05) is 0 Å². The standard InChI is InChI=1S/C16H18O4S/c1-9-5-12(4)16(18)15(6-9)21(19,20)14-8-11(3)10(2)7-13(14)17/h5-8,17-18H,1-4H3. The van der Waals surface area contributed by atoms with Gasteiger partial charge in [0.15, 0.2) is 0 Å². The number of aryl methyl sites for hydroxylation is 4. The zero-order valence-electron chi connectivity index (χ0n) is 12.4. The zero-order valence-corrected chi connectivity index (χ0v) is 13.2. The van der Waals surface area contributed by atoms with Crippen LogP contribution in [0.4, 0.5) is 0 Å². The van der Waals surface area contributed by atoms with Crippen LogP contribution < -0.4 is 0 Å². The molecule has 2 aromatic rings. The van der Waals surface area contributed by atoms with E-state index in [1.807, 2.05) is 0 Å². The van der Waals surface area contributed by atoms with Gasteiger partial charge in [0.05, 0.1) is 0 Å². The highest BCUT2D eigenvalue weighted by Crippen LogP contribution is 2.36. The number of phenolic OH excluding ortho intramolecular Hbond substituents is 2. The third-order valence-electron chi connectivity index (χ3n) is 3.56. The van der Waals surface area contributed by atoms with E-state index in [2.05, 4.69) is 0 Å². The summed E-state index contributed by atoms with van der Waals surface area (Å²) in [4.78, 5) is -0.371. The average Bonchev–Trinajstić information content (AvgIpc) is 2.37. The van der Waals surface area contributed by atoms with Gasteiger partial charge < -0.3 is 10.2 Å². The number of hydrogen-bond acceptors (Lipinski definition) is 4. The van der Waals surface area contributed by atoms with Crippen LogP contribution in [-0.4, -0.2) is 18.6 Å². The lowest BCUT2D eigenvalue weighted by molar-refractivity contribution is 0.450. The first-order valence-electron chi connectivity index (χ1n) is 6.50. The minimum absolute atomic E-state index is 0.182. The van der Waals surface area contributed by atoms with Gasteiger partial charge in [-0.3, -0.25) is 0 Å². The van der Waals surface area contributed by atoms with Gasteiger partial charge in [-0.15, -0.1) is 0 Å². The molecular formula is C16H18O4S.